The summed E-state index contributed by atoms with van der Waals surface area (Å²) in [6.07, 6.45) is 2.28. The molecule has 1 aromatic rings. The Labute approximate surface area is 115 Å². The topological polar surface area (TPSA) is 29.3 Å². The first-order valence-corrected chi connectivity index (χ1v) is 8.05. The van der Waals surface area contributed by atoms with E-state index in [1.807, 2.05) is 6.07 Å². The molecule has 1 heterocycles. The first kappa shape index (κ1) is 13.9. The van der Waals surface area contributed by atoms with Crippen molar-refractivity contribution in [3.8, 4) is 0 Å². The zero-order valence-corrected chi connectivity index (χ0v) is 12.0. The Kier molecular flexibility index (Phi) is 5.54. The Hall–Kier alpha value is -0.510. The molecule has 1 saturated heterocycles. The maximum Gasteiger partial charge on any atom is 0.0295 e. The molecule has 1 aliphatic heterocycles. The van der Waals surface area contributed by atoms with Crippen molar-refractivity contribution in [2.75, 3.05) is 24.6 Å². The normalized spacial score (nSPS) is 22.9. The number of nitrogens with zero attached hydrogens (tertiary/aromatic N) is 1. The van der Waals surface area contributed by atoms with Crippen LogP contribution in [0.3, 0.4) is 0 Å². The molecule has 0 bridgehead atoms. The Morgan fingerprint density at radius 1 is 1.39 bits per heavy atom. The average molecular weight is 264 g/mol. The summed E-state index contributed by atoms with van der Waals surface area (Å²) < 4.78 is 0. The van der Waals surface area contributed by atoms with Crippen molar-refractivity contribution in [2.24, 2.45) is 5.73 Å². The molecule has 2 unspecified atom stereocenters. The second-order valence-electron chi connectivity index (χ2n) is 5.12. The van der Waals surface area contributed by atoms with Crippen LogP contribution in [0.4, 0.5) is 0 Å². The molecule has 0 saturated carbocycles. The Morgan fingerprint density at radius 3 is 2.89 bits per heavy atom. The third-order valence-electron chi connectivity index (χ3n) is 3.69. The summed E-state index contributed by atoms with van der Waals surface area (Å²) in [6, 6.07) is 11.4. The van der Waals surface area contributed by atoms with Crippen molar-refractivity contribution in [2.45, 2.75) is 31.8 Å². The summed E-state index contributed by atoms with van der Waals surface area (Å²) in [5, 5.41) is 0. The second-order valence-corrected chi connectivity index (χ2v) is 6.27. The lowest BCUT2D eigenvalue weighted by Crippen LogP contribution is -2.40. The van der Waals surface area contributed by atoms with Gasteiger partial charge in [-0.1, -0.05) is 30.3 Å². The van der Waals surface area contributed by atoms with Crippen molar-refractivity contribution >= 4 is 11.8 Å². The van der Waals surface area contributed by atoms with Crippen LogP contribution < -0.4 is 5.73 Å². The lowest BCUT2D eigenvalue weighted by molar-refractivity contribution is 0.226. The van der Waals surface area contributed by atoms with Gasteiger partial charge in [0.25, 0.3) is 0 Å². The smallest absolute Gasteiger partial charge is 0.0295 e. The van der Waals surface area contributed by atoms with E-state index in [2.05, 4.69) is 47.9 Å². The van der Waals surface area contributed by atoms with Crippen LogP contribution in [0.2, 0.25) is 0 Å². The van der Waals surface area contributed by atoms with Crippen molar-refractivity contribution in [3.63, 3.8) is 0 Å². The summed E-state index contributed by atoms with van der Waals surface area (Å²) in [5.41, 5.74) is 7.49. The largest absolute Gasteiger partial charge is 0.324 e. The van der Waals surface area contributed by atoms with E-state index in [0.717, 1.165) is 12.5 Å². The molecule has 2 atom stereocenters. The van der Waals surface area contributed by atoms with E-state index in [-0.39, 0.29) is 6.04 Å². The van der Waals surface area contributed by atoms with E-state index in [9.17, 15) is 0 Å². The van der Waals surface area contributed by atoms with Gasteiger partial charge in [0.2, 0.25) is 0 Å². The van der Waals surface area contributed by atoms with Gasteiger partial charge in [-0.2, -0.15) is 11.8 Å². The van der Waals surface area contributed by atoms with Gasteiger partial charge in [-0.3, -0.25) is 4.90 Å². The van der Waals surface area contributed by atoms with Gasteiger partial charge >= 0.3 is 0 Å². The molecular weight excluding hydrogens is 240 g/mol. The molecule has 2 nitrogen and oxygen atoms in total. The minimum absolute atomic E-state index is 0.195. The SMILES string of the molecule is CC1CSCCN1CCCC(N)c1ccccc1. The van der Waals surface area contributed by atoms with Gasteiger partial charge in [0.05, 0.1) is 0 Å². The molecule has 1 fully saturated rings. The van der Waals surface area contributed by atoms with Crippen molar-refractivity contribution in [1.82, 2.24) is 4.90 Å². The van der Waals surface area contributed by atoms with Gasteiger partial charge in [0.1, 0.15) is 0 Å². The highest BCUT2D eigenvalue weighted by atomic mass is 32.2. The van der Waals surface area contributed by atoms with E-state index in [0.29, 0.717) is 0 Å². The molecule has 0 amide bonds. The van der Waals surface area contributed by atoms with Gasteiger partial charge in [-0.15, -0.1) is 0 Å². The number of hydrogen-bond acceptors (Lipinski definition) is 3. The minimum Gasteiger partial charge on any atom is -0.324 e. The molecule has 1 aromatic carbocycles. The maximum absolute atomic E-state index is 6.22. The van der Waals surface area contributed by atoms with Gasteiger partial charge in [-0.25, -0.2) is 0 Å². The molecule has 18 heavy (non-hydrogen) atoms. The third kappa shape index (κ3) is 4.01. The van der Waals surface area contributed by atoms with Crippen LogP contribution in [0, 0.1) is 0 Å². The predicted molar refractivity (Wildman–Crippen MR) is 81.0 cm³/mol. The maximum atomic E-state index is 6.22. The molecular formula is C15H24N2S. The van der Waals surface area contributed by atoms with Gasteiger partial charge < -0.3 is 5.73 Å². The fourth-order valence-electron chi connectivity index (χ4n) is 2.47. The minimum atomic E-state index is 0.195. The molecule has 0 aliphatic carbocycles. The summed E-state index contributed by atoms with van der Waals surface area (Å²) >= 11 is 2.08. The molecule has 0 radical (unpaired) electrons. The van der Waals surface area contributed by atoms with E-state index < -0.39 is 0 Å². The van der Waals surface area contributed by atoms with E-state index >= 15 is 0 Å². The highest BCUT2D eigenvalue weighted by Crippen LogP contribution is 2.19. The van der Waals surface area contributed by atoms with Crippen LogP contribution in [0.1, 0.15) is 31.4 Å². The van der Waals surface area contributed by atoms with Crippen LogP contribution >= 0.6 is 11.8 Å². The average Bonchev–Trinajstić information content (AvgIpc) is 2.42. The summed E-state index contributed by atoms with van der Waals surface area (Å²) in [4.78, 5) is 2.61. The number of benzene rings is 1. The number of nitrogens with two attached hydrogens (primary N) is 1. The first-order chi connectivity index (χ1) is 8.77. The molecule has 1 aliphatic rings. The zero-order valence-electron chi connectivity index (χ0n) is 11.2. The number of hydrogen-bond donors (Lipinski definition) is 1. The molecule has 3 heteroatoms. The Bertz CT molecular complexity index is 342. The summed E-state index contributed by atoms with van der Waals surface area (Å²) in [6.45, 7) is 4.78. The molecule has 100 valence electrons. The highest BCUT2D eigenvalue weighted by molar-refractivity contribution is 7.99. The van der Waals surface area contributed by atoms with Crippen LogP contribution in [0.5, 0.6) is 0 Å². The molecule has 0 spiro atoms. The number of thioether (sulfide) groups is 1. The standard InChI is InChI=1S/C15H24N2S/c1-13-12-18-11-10-17(13)9-5-8-15(16)14-6-3-2-4-7-14/h2-4,6-7,13,15H,5,8-12,16H2,1H3. The quantitative estimate of drug-likeness (QED) is 0.886. The fraction of sp³-hybridized carbons (Fsp3) is 0.600. The first-order valence-electron chi connectivity index (χ1n) is 6.89. The molecule has 2 N–H and O–H groups in total. The van der Waals surface area contributed by atoms with Crippen molar-refractivity contribution in [3.05, 3.63) is 35.9 Å². The highest BCUT2D eigenvalue weighted by Gasteiger charge is 2.18. The zero-order chi connectivity index (χ0) is 12.8. The van der Waals surface area contributed by atoms with Gasteiger partial charge in [0.15, 0.2) is 0 Å². The monoisotopic (exact) mass is 264 g/mol. The van der Waals surface area contributed by atoms with Crippen molar-refractivity contribution in [1.29, 1.82) is 0 Å². The van der Waals surface area contributed by atoms with Crippen LogP contribution in [-0.2, 0) is 0 Å². The van der Waals surface area contributed by atoms with Crippen LogP contribution in [-0.4, -0.2) is 35.5 Å². The predicted octanol–water partition coefficient (Wildman–Crippen LogP) is 2.90. The fourth-order valence-corrected chi connectivity index (χ4v) is 3.56. The number of rotatable bonds is 5. The van der Waals surface area contributed by atoms with Crippen molar-refractivity contribution < 1.29 is 0 Å². The third-order valence-corrected chi connectivity index (χ3v) is 4.88. The lowest BCUT2D eigenvalue weighted by Gasteiger charge is -2.33. The van der Waals surface area contributed by atoms with E-state index in [1.54, 1.807) is 0 Å². The van der Waals surface area contributed by atoms with Crippen LogP contribution in [0.15, 0.2) is 30.3 Å². The van der Waals surface area contributed by atoms with Crippen LogP contribution in [0.25, 0.3) is 0 Å². The lowest BCUT2D eigenvalue weighted by atomic mass is 10.0. The Morgan fingerprint density at radius 2 is 2.17 bits per heavy atom. The summed E-state index contributed by atoms with van der Waals surface area (Å²) in [7, 11) is 0. The van der Waals surface area contributed by atoms with E-state index in [1.165, 1.54) is 36.6 Å². The van der Waals surface area contributed by atoms with E-state index in [4.69, 9.17) is 5.73 Å². The molecule has 2 rings (SSSR count). The van der Waals surface area contributed by atoms with Gasteiger partial charge in [-0.05, 0) is 31.9 Å². The Balaban J connectivity index is 1.71. The van der Waals surface area contributed by atoms with Gasteiger partial charge in [0, 0.05) is 30.1 Å². The summed E-state index contributed by atoms with van der Waals surface area (Å²) in [5.74, 6) is 2.57. The second kappa shape index (κ2) is 7.17. The molecule has 0 aromatic heterocycles.